The summed E-state index contributed by atoms with van der Waals surface area (Å²) in [6.07, 6.45) is 0.139. The molecule has 1 heterocycles. The van der Waals surface area contributed by atoms with Crippen molar-refractivity contribution < 1.29 is 52.7 Å². The lowest BCUT2D eigenvalue weighted by molar-refractivity contribution is -0.138. The third-order valence-corrected chi connectivity index (χ3v) is 9.47. The van der Waals surface area contributed by atoms with E-state index in [2.05, 4.69) is 25.6 Å². The Bertz CT molecular complexity index is 2180. The molecule has 0 saturated carbocycles. The number of fused-ring (bicyclic) bond motifs is 1. The number of carboxylic acid groups (broad SMARTS) is 1. The van der Waals surface area contributed by atoms with E-state index in [1.807, 2.05) is 67.6 Å². The topological polar surface area (TPSA) is 233 Å². The highest BCUT2D eigenvalue weighted by atomic mass is 16.6. The van der Waals surface area contributed by atoms with Crippen LogP contribution in [0.4, 0.5) is 10.6 Å². The molecule has 0 spiro atoms. The lowest BCUT2D eigenvalue weighted by Crippen LogP contribution is -2.39. The Balaban J connectivity index is 1.21. The highest BCUT2D eigenvalue weighted by Gasteiger charge is 2.24. The van der Waals surface area contributed by atoms with E-state index in [4.69, 9.17) is 34.0 Å². The number of hydrogen-bond donors (Lipinski definition) is 3. The van der Waals surface area contributed by atoms with Crippen LogP contribution in [0.15, 0.2) is 84.0 Å². The van der Waals surface area contributed by atoms with Gasteiger partial charge in [-0.05, 0) is 86.3 Å². The van der Waals surface area contributed by atoms with Gasteiger partial charge in [-0.15, -0.1) is 0 Å². The maximum absolute atomic E-state index is 13.0. The summed E-state index contributed by atoms with van der Waals surface area (Å²) in [6.45, 7) is 11.0. The van der Waals surface area contributed by atoms with Crippen molar-refractivity contribution in [3.8, 4) is 16.9 Å². The molecule has 0 unspecified atom stereocenters. The smallest absolute Gasteiger partial charge is 0.416 e. The van der Waals surface area contributed by atoms with Crippen molar-refractivity contribution in [1.82, 2.24) is 15.6 Å². The van der Waals surface area contributed by atoms with Crippen LogP contribution in [0.2, 0.25) is 0 Å². The Kier molecular flexibility index (Phi) is 21.9. The predicted molar refractivity (Wildman–Crippen MR) is 245 cm³/mol. The van der Waals surface area contributed by atoms with Gasteiger partial charge in [0.05, 0.1) is 71.9 Å². The predicted octanol–water partition coefficient (Wildman–Crippen LogP) is 7.33. The van der Waals surface area contributed by atoms with Crippen LogP contribution in [0.1, 0.15) is 63.8 Å². The Labute approximate surface area is 379 Å². The minimum absolute atomic E-state index is 0.115. The van der Waals surface area contributed by atoms with Gasteiger partial charge in [0.1, 0.15) is 23.8 Å². The van der Waals surface area contributed by atoms with Gasteiger partial charge < -0.3 is 44.2 Å². The first kappa shape index (κ1) is 51.3. The average molecular weight is 900 g/mol. The fraction of sp³-hybridized carbons (Fsp3) is 0.468. The van der Waals surface area contributed by atoms with Crippen LogP contribution < -0.4 is 20.3 Å². The maximum Gasteiger partial charge on any atom is 0.416 e. The van der Waals surface area contributed by atoms with Crippen molar-refractivity contribution in [1.29, 1.82) is 0 Å². The summed E-state index contributed by atoms with van der Waals surface area (Å²) >= 11 is 0. The summed E-state index contributed by atoms with van der Waals surface area (Å²) in [4.78, 5) is 59.0. The van der Waals surface area contributed by atoms with Crippen LogP contribution in [-0.2, 0) is 38.1 Å². The Hall–Kier alpha value is -6.30. The number of unbranched alkanes of at least 4 members (excludes halogenated alkanes) is 1. The Morgan fingerprint density at radius 1 is 0.785 bits per heavy atom. The molecule has 0 fully saturated rings. The van der Waals surface area contributed by atoms with Crippen LogP contribution in [-0.4, -0.2) is 119 Å². The zero-order valence-corrected chi connectivity index (χ0v) is 37.7. The van der Waals surface area contributed by atoms with Gasteiger partial charge in [0.15, 0.2) is 0 Å². The second-order valence-electron chi connectivity index (χ2n) is 15.8. The molecule has 0 bridgehead atoms. The summed E-state index contributed by atoms with van der Waals surface area (Å²) in [5, 5.41) is 20.3. The number of azide groups is 1. The number of nitrogens with zero attached hydrogens (tertiary/aromatic N) is 5. The van der Waals surface area contributed by atoms with Crippen molar-refractivity contribution >= 4 is 40.5 Å². The molecule has 4 aromatic rings. The molecule has 0 aliphatic heterocycles. The van der Waals surface area contributed by atoms with E-state index in [1.165, 1.54) is 4.90 Å². The molecule has 0 saturated heterocycles. The van der Waals surface area contributed by atoms with Crippen LogP contribution in [0, 0.1) is 6.92 Å². The fourth-order valence-corrected chi connectivity index (χ4v) is 6.46. The molecule has 1 aromatic heterocycles. The standard InChI is InChI=1S/C47H61N7O11/c1-34-10-9-13-42(51-34)54(46(59)65-47(2,3)4)22-8-7-14-43(55)49-33-44(56)52-40(32-45(57)58)36-17-15-35(16-18-36)37-19-20-41(39-12-6-5-11-38(37)39)64-31-30-63-29-28-62-27-26-61-25-24-60-23-21-50-53-48/h5-6,9-13,15-20,40H,7-8,14,21-33H2,1-4H3,(H,49,55)(H,52,56)(H,57,58)/t40-/m0/s1. The van der Waals surface area contributed by atoms with Gasteiger partial charge in [-0.1, -0.05) is 65.8 Å². The average Bonchev–Trinajstić information content (AvgIpc) is 3.27. The molecule has 3 amide bonds. The number of carboxylic acids is 1. The number of rotatable bonds is 29. The van der Waals surface area contributed by atoms with Crippen molar-refractivity contribution in [3.63, 3.8) is 0 Å². The normalized spacial score (nSPS) is 11.6. The number of aromatic nitrogens is 1. The molecule has 350 valence electrons. The number of anilines is 1. The molecule has 1 atom stereocenters. The van der Waals surface area contributed by atoms with Gasteiger partial charge in [0, 0.05) is 35.5 Å². The van der Waals surface area contributed by atoms with Crippen LogP contribution >= 0.6 is 0 Å². The number of amides is 3. The molecule has 3 N–H and O–H groups in total. The zero-order valence-electron chi connectivity index (χ0n) is 37.7. The molecule has 18 heteroatoms. The van der Waals surface area contributed by atoms with Crippen molar-refractivity contribution in [2.45, 2.75) is 65.0 Å². The Morgan fingerprint density at radius 3 is 2.06 bits per heavy atom. The number of hydrogen-bond acceptors (Lipinski definition) is 12. The number of ether oxygens (including phenoxy) is 6. The van der Waals surface area contributed by atoms with Crippen LogP contribution in [0.5, 0.6) is 5.75 Å². The minimum atomic E-state index is -1.09. The van der Waals surface area contributed by atoms with Gasteiger partial charge in [0.2, 0.25) is 11.8 Å². The van der Waals surface area contributed by atoms with E-state index >= 15 is 0 Å². The highest BCUT2D eigenvalue weighted by Crippen LogP contribution is 2.35. The van der Waals surface area contributed by atoms with E-state index < -0.39 is 29.6 Å². The highest BCUT2D eigenvalue weighted by molar-refractivity contribution is 6.00. The summed E-state index contributed by atoms with van der Waals surface area (Å²) in [6, 6.07) is 23.6. The zero-order chi connectivity index (χ0) is 46.9. The van der Waals surface area contributed by atoms with Gasteiger partial charge in [-0.3, -0.25) is 19.3 Å². The number of benzene rings is 3. The minimum Gasteiger partial charge on any atom is -0.491 e. The summed E-state index contributed by atoms with van der Waals surface area (Å²) in [5.41, 5.74) is 10.7. The number of carbonyl (C=O) groups excluding carboxylic acids is 3. The lowest BCUT2D eigenvalue weighted by atomic mass is 9.95. The van der Waals surface area contributed by atoms with E-state index in [-0.39, 0.29) is 31.8 Å². The molecule has 18 nitrogen and oxygen atoms in total. The first-order chi connectivity index (χ1) is 31.3. The largest absolute Gasteiger partial charge is 0.491 e. The van der Waals surface area contributed by atoms with E-state index in [1.54, 1.807) is 39.0 Å². The van der Waals surface area contributed by atoms with Gasteiger partial charge >= 0.3 is 12.1 Å². The molecule has 4 rings (SSSR count). The molecular weight excluding hydrogens is 839 g/mol. The number of aliphatic carboxylic acids is 1. The number of carbonyl (C=O) groups is 4. The molecule has 0 aliphatic rings. The van der Waals surface area contributed by atoms with Gasteiger partial charge in [-0.25, -0.2) is 9.78 Å². The summed E-state index contributed by atoms with van der Waals surface area (Å²) < 4.78 is 33.6. The number of pyridine rings is 1. The first-order valence-corrected chi connectivity index (χ1v) is 21.6. The van der Waals surface area contributed by atoms with Gasteiger partial charge in [-0.2, -0.15) is 0 Å². The van der Waals surface area contributed by atoms with E-state index in [0.717, 1.165) is 27.6 Å². The van der Waals surface area contributed by atoms with Crippen LogP contribution in [0.25, 0.3) is 32.3 Å². The Morgan fingerprint density at radius 2 is 1.43 bits per heavy atom. The molecule has 65 heavy (non-hydrogen) atoms. The monoisotopic (exact) mass is 899 g/mol. The third-order valence-electron chi connectivity index (χ3n) is 9.47. The first-order valence-electron chi connectivity index (χ1n) is 21.6. The number of nitrogens with one attached hydrogen (secondary N) is 2. The molecular formula is C47H61N7O11. The molecule has 0 radical (unpaired) electrons. The maximum atomic E-state index is 13.0. The van der Waals surface area contributed by atoms with Crippen molar-refractivity contribution in [2.24, 2.45) is 5.11 Å². The second-order valence-corrected chi connectivity index (χ2v) is 15.8. The van der Waals surface area contributed by atoms with Gasteiger partial charge in [0.25, 0.3) is 0 Å². The van der Waals surface area contributed by atoms with Crippen molar-refractivity contribution in [2.75, 3.05) is 84.0 Å². The quantitative estimate of drug-likeness (QED) is 0.0210. The van der Waals surface area contributed by atoms with Crippen molar-refractivity contribution in [3.05, 3.63) is 101 Å². The fourth-order valence-electron chi connectivity index (χ4n) is 6.46. The lowest BCUT2D eigenvalue weighted by Gasteiger charge is -2.27. The van der Waals surface area contributed by atoms with E-state index in [0.29, 0.717) is 96.0 Å². The second kappa shape index (κ2) is 27.8. The van der Waals surface area contributed by atoms with E-state index in [9.17, 15) is 24.3 Å². The summed E-state index contributed by atoms with van der Waals surface area (Å²) in [5.74, 6) is -0.813. The molecule has 3 aromatic carbocycles. The summed E-state index contributed by atoms with van der Waals surface area (Å²) in [7, 11) is 0. The van der Waals surface area contributed by atoms with Crippen LogP contribution in [0.3, 0.4) is 0 Å². The third kappa shape index (κ3) is 19.1. The number of aryl methyl sites for hydroxylation is 1. The molecule has 0 aliphatic carbocycles. The SMILES string of the molecule is Cc1cccc(N(CCCCC(=O)NCC(=O)N[C@@H](CC(=O)O)c2ccc(-c3ccc(OCCOCCOCCOCCOCCN=[N+]=[N-])c4ccccc34)cc2)C(=O)OC(C)(C)C)n1.